The van der Waals surface area contributed by atoms with Crippen LogP contribution >= 0.6 is 0 Å². The highest BCUT2D eigenvalue weighted by Gasteiger charge is 2.35. The Morgan fingerprint density at radius 3 is 1.66 bits per heavy atom. The molecular weight excluding hydrogens is 531 g/mol. The fourth-order valence-electron chi connectivity index (χ4n) is 2.81. The minimum Gasteiger partial charge on any atom is -0.394 e. The van der Waals surface area contributed by atoms with E-state index < -0.39 is 107 Å². The van der Waals surface area contributed by atoms with Crippen LogP contribution in [0.4, 0.5) is 13.2 Å². The predicted octanol–water partition coefficient (Wildman–Crippen LogP) is -4.33. The van der Waals surface area contributed by atoms with Gasteiger partial charge in [0.05, 0.1) is 39.0 Å². The van der Waals surface area contributed by atoms with Crippen LogP contribution in [-0.2, 0) is 19.1 Å². The van der Waals surface area contributed by atoms with Gasteiger partial charge in [-0.1, -0.05) is 0 Å². The molecule has 0 heterocycles. The third-order valence-electron chi connectivity index (χ3n) is 4.88. The number of azo groups is 1. The van der Waals surface area contributed by atoms with Crippen LogP contribution in [0.2, 0.25) is 0 Å². The summed E-state index contributed by atoms with van der Waals surface area (Å²) in [6, 6.07) is -1.09. The fourth-order valence-corrected chi connectivity index (χ4v) is 2.81. The molecule has 0 aromatic heterocycles. The summed E-state index contributed by atoms with van der Waals surface area (Å²) in [4.78, 5) is 21.6. The van der Waals surface area contributed by atoms with Gasteiger partial charge in [-0.2, -0.15) is 23.4 Å². The number of ether oxygens (including phenoxy) is 2. The number of carbonyl (C=O) groups excluding carboxylic acids is 2. The smallest absolute Gasteiger partial charge is 0.394 e. The van der Waals surface area contributed by atoms with Crippen molar-refractivity contribution in [2.45, 2.75) is 67.4 Å². The largest absolute Gasteiger partial charge is 0.409 e. The number of alkyl halides is 3. The monoisotopic (exact) mass is 569 g/mol. The van der Waals surface area contributed by atoms with Gasteiger partial charge in [0.1, 0.15) is 48.8 Å². The molecule has 0 amide bonds. The second kappa shape index (κ2) is 19.4. The molecule has 0 aromatic rings. The first-order valence-electron chi connectivity index (χ1n) is 11.8. The summed E-state index contributed by atoms with van der Waals surface area (Å²) in [5.74, 6) is 0. The number of carbonyl (C=O) groups is 2. The van der Waals surface area contributed by atoms with Crippen molar-refractivity contribution >= 4 is 12.6 Å². The Kier molecular flexibility index (Phi) is 17.5. The minimum absolute atomic E-state index is 0.0530. The molecule has 0 saturated heterocycles. The molecule has 0 aliphatic carbocycles. The molecular formula is C20H36F3N3O12. The van der Waals surface area contributed by atoms with Gasteiger partial charge in [-0.05, 0) is 12.9 Å². The van der Waals surface area contributed by atoms with Crippen LogP contribution in [-0.4, -0.2) is 161 Å². The molecule has 0 spiro atoms. The van der Waals surface area contributed by atoms with Crippen molar-refractivity contribution in [2.75, 3.05) is 46.1 Å². The molecule has 0 rings (SSSR count). The number of nitrogens with one attached hydrogen (secondary N) is 1. The molecule has 0 saturated carbocycles. The van der Waals surface area contributed by atoms with Gasteiger partial charge in [-0.25, -0.2) is 0 Å². The van der Waals surface area contributed by atoms with Gasteiger partial charge < -0.3 is 65.2 Å². The zero-order valence-corrected chi connectivity index (χ0v) is 20.1. The van der Waals surface area contributed by atoms with E-state index in [0.717, 1.165) is 0 Å². The SMILES string of the molecule is [3H]C(CN=NCC(F)(F)F)CNC(CO[C@@H]([C@H](O)[C@H](O)C=O)[C@H](O)CO)CO[C@@H]([C@H](O)[C@H](O)C=O)[C@H](O)CO. The van der Waals surface area contributed by atoms with Crippen molar-refractivity contribution in [3.63, 3.8) is 0 Å². The number of hydrogen-bond donors (Lipinski definition) is 9. The normalized spacial score (nSPS) is 20.3. The number of hydrogen-bond acceptors (Lipinski definition) is 15. The Labute approximate surface area is 216 Å². The second-order valence-corrected chi connectivity index (χ2v) is 7.96. The zero-order valence-electron chi connectivity index (χ0n) is 21.1. The lowest BCUT2D eigenvalue weighted by Gasteiger charge is -2.32. The molecule has 0 aliphatic heterocycles. The van der Waals surface area contributed by atoms with E-state index in [4.69, 9.17) is 10.8 Å². The molecule has 0 aliphatic rings. The Bertz CT molecular complexity index is 677. The van der Waals surface area contributed by atoms with Crippen LogP contribution in [0, 0.1) is 0 Å². The highest BCUT2D eigenvalue weighted by Crippen LogP contribution is 2.15. The van der Waals surface area contributed by atoms with E-state index in [1.807, 2.05) is 0 Å². The molecule has 0 aromatic carbocycles. The van der Waals surface area contributed by atoms with Gasteiger partial charge in [0.15, 0.2) is 19.1 Å². The Balaban J connectivity index is 5.55. The topological polar surface area (TPSA) is 251 Å². The number of rotatable bonds is 22. The molecule has 1 unspecified atom stereocenters. The van der Waals surface area contributed by atoms with E-state index in [2.05, 4.69) is 15.5 Å². The lowest BCUT2D eigenvalue weighted by atomic mass is 10.0. The lowest BCUT2D eigenvalue weighted by Crippen LogP contribution is -2.52. The van der Waals surface area contributed by atoms with E-state index >= 15 is 0 Å². The van der Waals surface area contributed by atoms with Crippen molar-refractivity contribution in [1.29, 1.82) is 0 Å². The van der Waals surface area contributed by atoms with Crippen molar-refractivity contribution in [1.82, 2.24) is 5.32 Å². The van der Waals surface area contributed by atoms with Crippen LogP contribution in [0.5, 0.6) is 0 Å². The van der Waals surface area contributed by atoms with Gasteiger partial charge >= 0.3 is 6.18 Å². The summed E-state index contributed by atoms with van der Waals surface area (Å²) in [6.45, 7) is -5.33. The van der Waals surface area contributed by atoms with Gasteiger partial charge in [0, 0.05) is 1.37 Å². The number of nitrogens with zero attached hydrogens (tertiary/aromatic N) is 2. The molecule has 9 atom stereocenters. The summed E-state index contributed by atoms with van der Waals surface area (Å²) in [7, 11) is 0. The second-order valence-electron chi connectivity index (χ2n) is 7.96. The summed E-state index contributed by atoms with van der Waals surface area (Å²) >= 11 is 0. The maximum Gasteiger partial charge on any atom is 0.409 e. The maximum atomic E-state index is 12.1. The fraction of sp³-hybridized carbons (Fsp3) is 0.900. The van der Waals surface area contributed by atoms with Gasteiger partial charge in [0.2, 0.25) is 0 Å². The number of aldehydes is 2. The van der Waals surface area contributed by atoms with E-state index in [0.29, 0.717) is 0 Å². The molecule has 38 heavy (non-hydrogen) atoms. The number of aliphatic hydroxyl groups is 8. The van der Waals surface area contributed by atoms with Crippen molar-refractivity contribution in [2.24, 2.45) is 10.2 Å². The van der Waals surface area contributed by atoms with Crippen LogP contribution in [0.3, 0.4) is 0 Å². The molecule has 0 bridgehead atoms. The zero-order chi connectivity index (χ0) is 30.2. The van der Waals surface area contributed by atoms with E-state index in [9.17, 15) is 63.6 Å². The molecule has 0 radical (unpaired) electrons. The number of aliphatic hydroxyl groups excluding tert-OH is 8. The highest BCUT2D eigenvalue weighted by molar-refractivity contribution is 5.57. The van der Waals surface area contributed by atoms with Crippen molar-refractivity contribution < 1.29 is 74.5 Å². The maximum absolute atomic E-state index is 12.1. The summed E-state index contributed by atoms with van der Waals surface area (Å²) in [6.07, 6.45) is -20.9. The first-order valence-corrected chi connectivity index (χ1v) is 11.2. The van der Waals surface area contributed by atoms with Gasteiger partial charge in [-0.15, -0.1) is 0 Å². The van der Waals surface area contributed by atoms with E-state index in [1.165, 1.54) is 0 Å². The molecule has 18 heteroatoms. The summed E-state index contributed by atoms with van der Waals surface area (Å²) in [5, 5.41) is 86.4. The third kappa shape index (κ3) is 14.4. The summed E-state index contributed by atoms with van der Waals surface area (Å²) < 4.78 is 55.0. The van der Waals surface area contributed by atoms with Crippen molar-refractivity contribution in [3.8, 4) is 0 Å². The number of halogens is 3. The molecule has 0 fully saturated rings. The van der Waals surface area contributed by atoms with Crippen LogP contribution < -0.4 is 5.32 Å². The first-order chi connectivity index (χ1) is 18.2. The standard InChI is InChI=1S/C20H36F3N3O12/c21-20(22,23)10-26-25-3-1-2-24-11(8-37-18(14(33)6-29)16(35)12(31)4-27)9-38-19(15(34)7-30)17(36)13(32)5-28/h4-5,11-19,24,29-36H,1-3,6-10H2/t12-,13-,14-,15-,16-,17-,18-,19-/m1/s1/i1T/t1?,12-,13-,14-,15-,16-,17-,18-,19-. The molecule has 224 valence electrons. The molecule has 15 nitrogen and oxygen atoms in total. The quantitative estimate of drug-likeness (QED) is 0.0442. The third-order valence-corrected chi connectivity index (χ3v) is 4.88. The van der Waals surface area contributed by atoms with Gasteiger partial charge in [-0.3, -0.25) is 0 Å². The van der Waals surface area contributed by atoms with Crippen molar-refractivity contribution in [3.05, 3.63) is 0 Å². The van der Waals surface area contributed by atoms with Gasteiger partial charge in [0.25, 0.3) is 0 Å². The Hall–Kier alpha value is -1.71. The average Bonchev–Trinajstić information content (AvgIpc) is 2.91. The van der Waals surface area contributed by atoms with E-state index in [1.54, 1.807) is 0 Å². The van der Waals surface area contributed by atoms with Crippen LogP contribution in [0.15, 0.2) is 10.2 Å². The Morgan fingerprint density at radius 2 is 1.29 bits per heavy atom. The summed E-state index contributed by atoms with van der Waals surface area (Å²) in [5.41, 5.74) is 0. The lowest BCUT2D eigenvalue weighted by molar-refractivity contribution is -0.163. The van der Waals surface area contributed by atoms with Crippen LogP contribution in [0.1, 0.15) is 7.77 Å². The minimum atomic E-state index is -4.58. The Morgan fingerprint density at radius 1 is 0.842 bits per heavy atom. The highest BCUT2D eigenvalue weighted by atomic mass is 19.4. The average molecular weight is 570 g/mol. The predicted molar refractivity (Wildman–Crippen MR) is 119 cm³/mol. The molecule has 9 N–H and O–H groups in total. The first kappa shape index (κ1) is 34.3. The van der Waals surface area contributed by atoms with E-state index in [-0.39, 0.29) is 19.1 Å². The van der Waals surface area contributed by atoms with Crippen LogP contribution in [0.25, 0.3) is 0 Å².